The molecule has 0 fully saturated rings. The van der Waals surface area contributed by atoms with Crippen LogP contribution in [-0.2, 0) is 11.2 Å². The highest BCUT2D eigenvalue weighted by atomic mass is 79.9. The zero-order valence-corrected chi connectivity index (χ0v) is 11.6. The highest BCUT2D eigenvalue weighted by Gasteiger charge is 2.25. The van der Waals surface area contributed by atoms with Gasteiger partial charge in [0.25, 0.3) is 0 Å². The molecule has 0 saturated heterocycles. The third-order valence-electron chi connectivity index (χ3n) is 2.57. The van der Waals surface area contributed by atoms with Crippen molar-refractivity contribution in [1.82, 2.24) is 5.32 Å². The van der Waals surface area contributed by atoms with Gasteiger partial charge in [-0.1, -0.05) is 35.0 Å². The van der Waals surface area contributed by atoms with Crippen LogP contribution in [0.2, 0.25) is 0 Å². The zero-order valence-electron chi connectivity index (χ0n) is 10.0. The van der Waals surface area contributed by atoms with Crippen molar-refractivity contribution in [3.8, 4) is 0 Å². The van der Waals surface area contributed by atoms with E-state index in [0.717, 1.165) is 16.6 Å². The van der Waals surface area contributed by atoms with E-state index in [1.54, 1.807) is 0 Å². The van der Waals surface area contributed by atoms with E-state index in [1.807, 2.05) is 45.0 Å². The Labute approximate surface area is 106 Å². The highest BCUT2D eigenvalue weighted by Crippen LogP contribution is 2.15. The molecule has 0 aliphatic heterocycles. The molecule has 3 heteroatoms. The quantitative estimate of drug-likeness (QED) is 0.900. The average molecular weight is 284 g/mol. The van der Waals surface area contributed by atoms with Crippen molar-refractivity contribution in [3.05, 3.63) is 34.3 Å². The van der Waals surface area contributed by atoms with Crippen LogP contribution in [0.1, 0.15) is 26.3 Å². The fraction of sp³-hybridized carbons (Fsp3) is 0.462. The van der Waals surface area contributed by atoms with Crippen LogP contribution in [0.25, 0.3) is 0 Å². The Morgan fingerprint density at radius 1 is 1.44 bits per heavy atom. The summed E-state index contributed by atoms with van der Waals surface area (Å²) in [5.41, 5.74) is 0.599. The molecule has 0 radical (unpaired) electrons. The lowest BCUT2D eigenvalue weighted by Crippen LogP contribution is -2.47. The van der Waals surface area contributed by atoms with Crippen molar-refractivity contribution < 1.29 is 4.79 Å². The van der Waals surface area contributed by atoms with Gasteiger partial charge in [-0.3, -0.25) is 4.79 Å². The number of carbonyl (C=O) groups is 1. The van der Waals surface area contributed by atoms with E-state index in [4.69, 9.17) is 0 Å². The first kappa shape index (κ1) is 13.4. The standard InChI is InChI=1S/C13H18BrNO/c1-4-15-13(2,3)12(16)9-10-6-5-7-11(14)8-10/h5-8,15H,4,9H2,1-3H3. The molecule has 1 N–H and O–H groups in total. The van der Waals surface area contributed by atoms with Crippen LogP contribution in [0.4, 0.5) is 0 Å². The van der Waals surface area contributed by atoms with E-state index in [0.29, 0.717) is 6.42 Å². The topological polar surface area (TPSA) is 29.1 Å². The lowest BCUT2D eigenvalue weighted by Gasteiger charge is -2.24. The van der Waals surface area contributed by atoms with E-state index in [2.05, 4.69) is 21.2 Å². The maximum absolute atomic E-state index is 12.1. The molecule has 0 heterocycles. The molecule has 2 nitrogen and oxygen atoms in total. The minimum atomic E-state index is -0.447. The summed E-state index contributed by atoms with van der Waals surface area (Å²) in [6.07, 6.45) is 0.472. The second kappa shape index (κ2) is 5.60. The molecular weight excluding hydrogens is 266 g/mol. The van der Waals surface area contributed by atoms with Gasteiger partial charge in [0, 0.05) is 10.9 Å². The number of ketones is 1. The lowest BCUT2D eigenvalue weighted by molar-refractivity contribution is -0.123. The summed E-state index contributed by atoms with van der Waals surface area (Å²) in [4.78, 5) is 12.1. The van der Waals surface area contributed by atoms with Gasteiger partial charge in [-0.25, -0.2) is 0 Å². The van der Waals surface area contributed by atoms with Crippen LogP contribution in [-0.4, -0.2) is 17.9 Å². The third-order valence-corrected chi connectivity index (χ3v) is 3.06. The Morgan fingerprint density at radius 3 is 2.69 bits per heavy atom. The van der Waals surface area contributed by atoms with Gasteiger partial charge in [0.1, 0.15) is 0 Å². The van der Waals surface area contributed by atoms with Crippen molar-refractivity contribution in [3.63, 3.8) is 0 Å². The Bertz CT molecular complexity index is 374. The SMILES string of the molecule is CCNC(C)(C)C(=O)Cc1cccc(Br)c1. The van der Waals surface area contributed by atoms with Gasteiger partial charge in [0.2, 0.25) is 0 Å². The van der Waals surface area contributed by atoms with Crippen LogP contribution in [0.3, 0.4) is 0 Å². The maximum Gasteiger partial charge on any atom is 0.156 e. The third kappa shape index (κ3) is 3.72. The number of hydrogen-bond donors (Lipinski definition) is 1. The van der Waals surface area contributed by atoms with Crippen molar-refractivity contribution in [1.29, 1.82) is 0 Å². The van der Waals surface area contributed by atoms with Crippen LogP contribution in [0, 0.1) is 0 Å². The Morgan fingerprint density at radius 2 is 2.12 bits per heavy atom. The van der Waals surface area contributed by atoms with E-state index < -0.39 is 5.54 Å². The predicted molar refractivity (Wildman–Crippen MR) is 70.6 cm³/mol. The van der Waals surface area contributed by atoms with Gasteiger partial charge in [-0.05, 0) is 38.1 Å². The number of Topliss-reactive ketones (excluding diaryl/α,β-unsaturated/α-hetero) is 1. The van der Waals surface area contributed by atoms with Crippen LogP contribution >= 0.6 is 15.9 Å². The first-order valence-electron chi connectivity index (χ1n) is 5.48. The Hall–Kier alpha value is -0.670. The summed E-state index contributed by atoms with van der Waals surface area (Å²) in [5, 5.41) is 3.20. The second-order valence-electron chi connectivity index (χ2n) is 4.39. The summed E-state index contributed by atoms with van der Waals surface area (Å²) in [7, 11) is 0. The van der Waals surface area contributed by atoms with Gasteiger partial charge < -0.3 is 5.32 Å². The van der Waals surface area contributed by atoms with Crippen molar-refractivity contribution in [2.24, 2.45) is 0 Å². The first-order chi connectivity index (χ1) is 7.45. The first-order valence-corrected chi connectivity index (χ1v) is 6.28. The van der Waals surface area contributed by atoms with Crippen molar-refractivity contribution in [2.75, 3.05) is 6.54 Å². The van der Waals surface area contributed by atoms with E-state index in [-0.39, 0.29) is 5.78 Å². The summed E-state index contributed by atoms with van der Waals surface area (Å²) < 4.78 is 1.01. The number of nitrogens with one attached hydrogen (secondary N) is 1. The molecule has 0 unspecified atom stereocenters. The Kier molecular flexibility index (Phi) is 4.69. The number of hydrogen-bond acceptors (Lipinski definition) is 2. The molecule has 0 bridgehead atoms. The molecular formula is C13H18BrNO. The molecule has 16 heavy (non-hydrogen) atoms. The summed E-state index contributed by atoms with van der Waals surface area (Å²) >= 11 is 3.41. The number of carbonyl (C=O) groups excluding carboxylic acids is 1. The molecule has 0 aliphatic carbocycles. The summed E-state index contributed by atoms with van der Waals surface area (Å²) in [5.74, 6) is 0.215. The molecule has 0 amide bonds. The minimum absolute atomic E-state index is 0.215. The molecule has 1 rings (SSSR count). The number of likely N-dealkylation sites (N-methyl/N-ethyl adjacent to an activating group) is 1. The van der Waals surface area contributed by atoms with Crippen molar-refractivity contribution >= 4 is 21.7 Å². The maximum atomic E-state index is 12.1. The van der Waals surface area contributed by atoms with Gasteiger partial charge in [0.05, 0.1) is 5.54 Å². The normalized spacial score (nSPS) is 11.5. The molecule has 0 atom stereocenters. The monoisotopic (exact) mass is 283 g/mol. The minimum Gasteiger partial charge on any atom is -0.306 e. The molecule has 0 aromatic heterocycles. The molecule has 1 aromatic rings. The number of benzene rings is 1. The van der Waals surface area contributed by atoms with E-state index in [1.165, 1.54) is 0 Å². The Balaban J connectivity index is 2.71. The number of rotatable bonds is 5. The van der Waals surface area contributed by atoms with Gasteiger partial charge in [-0.2, -0.15) is 0 Å². The van der Waals surface area contributed by atoms with Gasteiger partial charge in [0.15, 0.2) is 5.78 Å². The summed E-state index contributed by atoms with van der Waals surface area (Å²) in [6.45, 7) is 6.67. The fourth-order valence-corrected chi connectivity index (χ4v) is 2.04. The molecule has 1 aromatic carbocycles. The van der Waals surface area contributed by atoms with Crippen LogP contribution in [0.5, 0.6) is 0 Å². The molecule has 0 saturated carbocycles. The van der Waals surface area contributed by atoms with E-state index >= 15 is 0 Å². The lowest BCUT2D eigenvalue weighted by atomic mass is 9.93. The number of halogens is 1. The van der Waals surface area contributed by atoms with Crippen molar-refractivity contribution in [2.45, 2.75) is 32.7 Å². The fourth-order valence-electron chi connectivity index (χ4n) is 1.59. The molecule has 0 aliphatic rings. The predicted octanol–water partition coefficient (Wildman–Crippen LogP) is 2.95. The zero-order chi connectivity index (χ0) is 12.2. The molecule has 88 valence electrons. The van der Waals surface area contributed by atoms with Gasteiger partial charge >= 0.3 is 0 Å². The van der Waals surface area contributed by atoms with Gasteiger partial charge in [-0.15, -0.1) is 0 Å². The largest absolute Gasteiger partial charge is 0.306 e. The van der Waals surface area contributed by atoms with Crippen LogP contribution in [0.15, 0.2) is 28.7 Å². The molecule has 0 spiro atoms. The average Bonchev–Trinajstić information content (AvgIpc) is 2.17. The second-order valence-corrected chi connectivity index (χ2v) is 5.30. The van der Waals surface area contributed by atoms with Crippen LogP contribution < -0.4 is 5.32 Å². The highest BCUT2D eigenvalue weighted by molar-refractivity contribution is 9.10. The smallest absolute Gasteiger partial charge is 0.156 e. The van der Waals surface area contributed by atoms with E-state index in [9.17, 15) is 4.79 Å². The summed E-state index contributed by atoms with van der Waals surface area (Å²) in [6, 6.07) is 7.88.